The van der Waals surface area contributed by atoms with E-state index in [1.54, 1.807) is 12.3 Å². The Kier molecular flexibility index (Phi) is 6.17. The average Bonchev–Trinajstić information content (AvgIpc) is 2.53. The predicted molar refractivity (Wildman–Crippen MR) is 88.2 cm³/mol. The van der Waals surface area contributed by atoms with Crippen molar-refractivity contribution < 1.29 is 13.2 Å². The molecule has 0 aromatic heterocycles. The van der Waals surface area contributed by atoms with Gasteiger partial charge in [-0.2, -0.15) is 0 Å². The molecule has 0 amide bonds. The third-order valence-electron chi connectivity index (χ3n) is 4.40. The molecule has 2 rings (SSSR count). The van der Waals surface area contributed by atoms with Crippen LogP contribution in [0.2, 0.25) is 0 Å². The van der Waals surface area contributed by atoms with Crippen LogP contribution >= 0.6 is 0 Å². The number of hydrogen-bond donors (Lipinski definition) is 0. The second-order valence-corrected chi connectivity index (χ2v) is 8.36. The fourth-order valence-corrected chi connectivity index (χ4v) is 4.72. The monoisotopic (exact) mass is 326 g/mol. The van der Waals surface area contributed by atoms with E-state index in [4.69, 9.17) is 0 Å². The molecule has 1 unspecified atom stereocenters. The van der Waals surface area contributed by atoms with Gasteiger partial charge in [0.15, 0.2) is 0 Å². The first kappa shape index (κ1) is 17.2. The zero-order valence-electron chi connectivity index (χ0n) is 13.3. The van der Waals surface area contributed by atoms with Crippen molar-refractivity contribution in [1.29, 1.82) is 0 Å². The molecule has 2 aliphatic rings. The summed E-state index contributed by atoms with van der Waals surface area (Å²) in [7, 11) is -3.35. The third kappa shape index (κ3) is 4.66. The summed E-state index contributed by atoms with van der Waals surface area (Å²) in [6.45, 7) is 2.06. The van der Waals surface area contributed by atoms with Crippen molar-refractivity contribution in [1.82, 2.24) is 4.31 Å². The van der Waals surface area contributed by atoms with E-state index in [-0.39, 0.29) is 11.9 Å². The molecule has 0 aromatic carbocycles. The number of allylic oxidation sites excluding steroid dienone is 1. The number of aliphatic imine (C=N–C) groups is 1. The number of carbonyl (C=O) groups is 1. The molecule has 0 spiro atoms. The minimum atomic E-state index is -3.35. The lowest BCUT2D eigenvalue weighted by molar-refractivity contribution is -0.119. The normalized spacial score (nSPS) is 25.5. The minimum absolute atomic E-state index is 0.194. The fraction of sp³-hybridized carbons (Fsp3) is 0.750. The van der Waals surface area contributed by atoms with Crippen LogP contribution in [0.4, 0.5) is 0 Å². The van der Waals surface area contributed by atoms with Gasteiger partial charge in [-0.25, -0.2) is 8.42 Å². The second-order valence-electron chi connectivity index (χ2n) is 6.19. The van der Waals surface area contributed by atoms with Crippen molar-refractivity contribution in [3.8, 4) is 0 Å². The predicted octanol–water partition coefficient (Wildman–Crippen LogP) is 3.03. The summed E-state index contributed by atoms with van der Waals surface area (Å²) >= 11 is 0. The number of hydrogen-bond acceptors (Lipinski definition) is 4. The smallest absolute Gasteiger partial charge is 0.239 e. The highest BCUT2D eigenvalue weighted by Gasteiger charge is 2.30. The first-order valence-corrected chi connectivity index (χ1v) is 9.72. The Labute approximate surface area is 133 Å². The molecule has 0 N–H and O–H groups in total. The van der Waals surface area contributed by atoms with Gasteiger partial charge in [-0.15, -0.1) is 0 Å². The van der Waals surface area contributed by atoms with Crippen LogP contribution in [0.1, 0.15) is 64.7 Å². The van der Waals surface area contributed by atoms with Crippen LogP contribution in [0.25, 0.3) is 0 Å². The zero-order valence-corrected chi connectivity index (χ0v) is 14.1. The Balaban J connectivity index is 2.03. The first-order valence-electron chi connectivity index (χ1n) is 8.22. The quantitative estimate of drug-likeness (QED) is 0.783. The summed E-state index contributed by atoms with van der Waals surface area (Å²) in [5, 5.41) is -0.348. The Hall–Kier alpha value is -1.17. The van der Waals surface area contributed by atoms with Gasteiger partial charge in [0, 0.05) is 24.8 Å². The molecule has 5 nitrogen and oxygen atoms in total. The van der Waals surface area contributed by atoms with Crippen LogP contribution in [0.5, 0.6) is 0 Å². The first-order chi connectivity index (χ1) is 10.5. The maximum Gasteiger partial charge on any atom is 0.239 e. The highest BCUT2D eigenvalue weighted by Crippen LogP contribution is 2.24. The molecule has 1 heterocycles. The summed E-state index contributed by atoms with van der Waals surface area (Å²) in [5.74, 6) is 0.324. The Morgan fingerprint density at radius 2 is 1.73 bits per heavy atom. The molecular formula is C16H26N2O3S. The lowest BCUT2D eigenvalue weighted by atomic mass is 10.1. The molecular weight excluding hydrogens is 300 g/mol. The molecule has 0 aromatic rings. The van der Waals surface area contributed by atoms with Gasteiger partial charge in [-0.1, -0.05) is 19.3 Å². The molecule has 6 heteroatoms. The topological polar surface area (TPSA) is 66.8 Å². The SMILES string of the molecule is CC1=NCN(S(=O)(=O)C2CCCCCC(=O)CCCC2)C=C1. The zero-order chi connectivity index (χ0) is 16.0. The van der Waals surface area contributed by atoms with Gasteiger partial charge >= 0.3 is 0 Å². The van der Waals surface area contributed by atoms with E-state index < -0.39 is 10.0 Å². The lowest BCUT2D eigenvalue weighted by Gasteiger charge is -2.27. The van der Waals surface area contributed by atoms with E-state index >= 15 is 0 Å². The van der Waals surface area contributed by atoms with Crippen molar-refractivity contribution in [3.05, 3.63) is 12.3 Å². The van der Waals surface area contributed by atoms with Crippen LogP contribution in [0.15, 0.2) is 17.3 Å². The minimum Gasteiger partial charge on any atom is -0.300 e. The largest absolute Gasteiger partial charge is 0.300 e. The summed E-state index contributed by atoms with van der Waals surface area (Å²) in [4.78, 5) is 15.8. The van der Waals surface area contributed by atoms with E-state index in [0.717, 1.165) is 37.8 Å². The van der Waals surface area contributed by atoms with Crippen LogP contribution in [0, 0.1) is 0 Å². The summed E-state index contributed by atoms with van der Waals surface area (Å²) in [6.07, 6.45) is 10.2. The highest BCUT2D eigenvalue weighted by molar-refractivity contribution is 7.89. The van der Waals surface area contributed by atoms with Crippen molar-refractivity contribution in [2.75, 3.05) is 6.67 Å². The van der Waals surface area contributed by atoms with E-state index in [9.17, 15) is 13.2 Å². The van der Waals surface area contributed by atoms with Crippen molar-refractivity contribution in [2.45, 2.75) is 70.0 Å². The summed E-state index contributed by atoms with van der Waals surface area (Å²) in [6, 6.07) is 0. The standard InChI is InChI=1S/C16H26N2O3S/c1-14-11-12-18(13-17-14)22(20,21)16-9-4-2-3-7-15(19)8-5-6-10-16/h11-12,16H,2-10,13H2,1H3. The van der Waals surface area contributed by atoms with Crippen molar-refractivity contribution in [2.24, 2.45) is 4.99 Å². The maximum absolute atomic E-state index is 12.8. The molecule has 1 atom stereocenters. The molecule has 124 valence electrons. The van der Waals surface area contributed by atoms with E-state index in [1.165, 1.54) is 4.31 Å². The van der Waals surface area contributed by atoms with Gasteiger partial charge < -0.3 is 0 Å². The maximum atomic E-state index is 12.8. The molecule has 1 aliphatic heterocycles. The van der Waals surface area contributed by atoms with E-state index in [0.29, 0.717) is 31.5 Å². The second kappa shape index (κ2) is 7.90. The lowest BCUT2D eigenvalue weighted by Crippen LogP contribution is -2.37. The Morgan fingerprint density at radius 3 is 2.36 bits per heavy atom. The van der Waals surface area contributed by atoms with Crippen molar-refractivity contribution >= 4 is 21.5 Å². The summed E-state index contributed by atoms with van der Waals surface area (Å²) < 4.78 is 27.0. The number of Topliss-reactive ketones (excluding diaryl/α,β-unsaturated/α-hetero) is 1. The van der Waals surface area contributed by atoms with Crippen LogP contribution in [-0.4, -0.2) is 36.1 Å². The highest BCUT2D eigenvalue weighted by atomic mass is 32.2. The van der Waals surface area contributed by atoms with Crippen LogP contribution in [-0.2, 0) is 14.8 Å². The number of carbonyl (C=O) groups excluding carboxylic acids is 1. The Morgan fingerprint density at radius 1 is 1.09 bits per heavy atom. The van der Waals surface area contributed by atoms with E-state index in [1.807, 2.05) is 6.92 Å². The number of nitrogens with zero attached hydrogens (tertiary/aromatic N) is 2. The van der Waals surface area contributed by atoms with Gasteiger partial charge in [0.1, 0.15) is 12.5 Å². The molecule has 22 heavy (non-hydrogen) atoms. The van der Waals surface area contributed by atoms with Crippen LogP contribution < -0.4 is 0 Å². The molecule has 0 bridgehead atoms. The molecule has 1 aliphatic carbocycles. The number of ketones is 1. The van der Waals surface area contributed by atoms with Crippen LogP contribution in [0.3, 0.4) is 0 Å². The average molecular weight is 326 g/mol. The molecule has 1 saturated carbocycles. The van der Waals surface area contributed by atoms with Gasteiger partial charge in [-0.3, -0.25) is 14.1 Å². The number of sulfonamides is 1. The van der Waals surface area contributed by atoms with Crippen molar-refractivity contribution in [3.63, 3.8) is 0 Å². The summed E-state index contributed by atoms with van der Waals surface area (Å²) in [5.41, 5.74) is 0.854. The molecule has 1 fully saturated rings. The van der Waals surface area contributed by atoms with Gasteiger partial charge in [-0.05, 0) is 38.7 Å². The Bertz CT molecular complexity index is 552. The third-order valence-corrected chi connectivity index (χ3v) is 6.61. The van der Waals surface area contributed by atoms with Gasteiger partial charge in [0.25, 0.3) is 0 Å². The van der Waals surface area contributed by atoms with E-state index in [2.05, 4.69) is 4.99 Å². The number of rotatable bonds is 2. The molecule has 0 radical (unpaired) electrons. The van der Waals surface area contributed by atoms with Gasteiger partial charge in [0.05, 0.1) is 5.25 Å². The van der Waals surface area contributed by atoms with Gasteiger partial charge in [0.2, 0.25) is 10.0 Å². The molecule has 0 saturated heterocycles. The fourth-order valence-electron chi connectivity index (χ4n) is 2.96.